The molecule has 0 radical (unpaired) electrons. The van der Waals surface area contributed by atoms with Gasteiger partial charge in [-0.05, 0) is 12.5 Å². The highest BCUT2D eigenvalue weighted by Gasteiger charge is 2.49. The van der Waals surface area contributed by atoms with Gasteiger partial charge in [0, 0.05) is 23.9 Å². The van der Waals surface area contributed by atoms with Crippen LogP contribution in [0.5, 0.6) is 0 Å². The molecule has 0 aromatic carbocycles. The molecular weight excluding hydrogens is 310 g/mol. The lowest BCUT2D eigenvalue weighted by atomic mass is 10.0. The molecule has 0 spiro atoms. The number of carboxylic acids is 1. The summed E-state index contributed by atoms with van der Waals surface area (Å²) in [6.07, 6.45) is 4.86. The summed E-state index contributed by atoms with van der Waals surface area (Å²) < 4.78 is 2.10. The summed E-state index contributed by atoms with van der Waals surface area (Å²) in [5.41, 5.74) is 1.45. The standard InChI is InChI=1S/C13H11N3O3S2/c17-10-8(11-16(10)9(6-21-11)12(18)19)4-7-5-15-2-1-3-20-13(15)14-7/h4-6,11H,1-3H2,(H,18,19)/t11-/m1/s1. The van der Waals surface area contributed by atoms with Gasteiger partial charge in [0.15, 0.2) is 5.16 Å². The van der Waals surface area contributed by atoms with Crippen LogP contribution < -0.4 is 0 Å². The number of aromatic nitrogens is 2. The lowest BCUT2D eigenvalue weighted by molar-refractivity contribution is -0.141. The van der Waals surface area contributed by atoms with Gasteiger partial charge in [-0.25, -0.2) is 9.78 Å². The fraction of sp³-hybridized carbons (Fsp3) is 0.308. The maximum Gasteiger partial charge on any atom is 0.353 e. The van der Waals surface area contributed by atoms with Crippen LogP contribution in [0.4, 0.5) is 0 Å². The lowest BCUT2D eigenvalue weighted by Crippen LogP contribution is -2.51. The molecule has 3 aliphatic rings. The van der Waals surface area contributed by atoms with Crippen LogP contribution in [0.15, 0.2) is 28.0 Å². The molecule has 1 aromatic heterocycles. The third-order valence-electron chi connectivity index (χ3n) is 3.59. The lowest BCUT2D eigenvalue weighted by Gasteiger charge is -2.36. The smallest absolute Gasteiger partial charge is 0.353 e. The molecule has 1 fully saturated rings. The van der Waals surface area contributed by atoms with Gasteiger partial charge in [-0.2, -0.15) is 0 Å². The van der Waals surface area contributed by atoms with Crippen LogP contribution in [0.1, 0.15) is 12.1 Å². The van der Waals surface area contributed by atoms with Crippen LogP contribution in [-0.4, -0.2) is 42.6 Å². The van der Waals surface area contributed by atoms with E-state index in [2.05, 4.69) is 9.55 Å². The van der Waals surface area contributed by atoms with E-state index in [0.717, 1.165) is 29.6 Å². The Morgan fingerprint density at radius 3 is 3.14 bits per heavy atom. The Labute approximate surface area is 128 Å². The Bertz CT molecular complexity index is 699. The monoisotopic (exact) mass is 321 g/mol. The number of hydrogen-bond acceptors (Lipinski definition) is 5. The predicted molar refractivity (Wildman–Crippen MR) is 79.5 cm³/mol. The first-order valence-corrected chi connectivity index (χ1v) is 8.42. The van der Waals surface area contributed by atoms with Gasteiger partial charge in [0.25, 0.3) is 5.91 Å². The van der Waals surface area contributed by atoms with Crippen molar-refractivity contribution in [2.75, 3.05) is 5.75 Å². The molecule has 1 N–H and O–H groups in total. The number of carbonyl (C=O) groups is 2. The third-order valence-corrected chi connectivity index (χ3v) is 5.75. The van der Waals surface area contributed by atoms with E-state index in [0.29, 0.717) is 5.57 Å². The second-order valence-electron chi connectivity index (χ2n) is 4.92. The Hall–Kier alpha value is -1.67. The van der Waals surface area contributed by atoms with E-state index in [1.165, 1.54) is 22.1 Å². The summed E-state index contributed by atoms with van der Waals surface area (Å²) in [7, 11) is 0. The topological polar surface area (TPSA) is 75.4 Å². The molecule has 0 bridgehead atoms. The van der Waals surface area contributed by atoms with E-state index in [1.54, 1.807) is 17.8 Å². The van der Waals surface area contributed by atoms with Crippen molar-refractivity contribution in [3.8, 4) is 0 Å². The summed E-state index contributed by atoms with van der Waals surface area (Å²) in [6, 6.07) is 0. The molecule has 0 aliphatic carbocycles. The van der Waals surface area contributed by atoms with Gasteiger partial charge in [0.2, 0.25) is 0 Å². The molecule has 108 valence electrons. The molecule has 0 unspecified atom stereocenters. The van der Waals surface area contributed by atoms with Gasteiger partial charge < -0.3 is 9.67 Å². The minimum absolute atomic E-state index is 0.0619. The zero-order chi connectivity index (χ0) is 14.6. The van der Waals surface area contributed by atoms with E-state index in [4.69, 9.17) is 5.11 Å². The number of aryl methyl sites for hydroxylation is 1. The zero-order valence-corrected chi connectivity index (χ0v) is 12.5. The van der Waals surface area contributed by atoms with Gasteiger partial charge >= 0.3 is 5.97 Å². The number of β-lactam (4-membered cyclic amide) rings is 1. The second-order valence-corrected chi connectivity index (χ2v) is 6.93. The summed E-state index contributed by atoms with van der Waals surface area (Å²) >= 11 is 3.07. The average molecular weight is 321 g/mol. The van der Waals surface area contributed by atoms with Gasteiger partial charge in [-0.1, -0.05) is 11.8 Å². The quantitative estimate of drug-likeness (QED) is 0.659. The Morgan fingerprint density at radius 2 is 2.38 bits per heavy atom. The molecule has 1 aromatic rings. The first-order valence-electron chi connectivity index (χ1n) is 6.49. The molecule has 0 saturated carbocycles. The average Bonchev–Trinajstić information content (AvgIpc) is 3.05. The summed E-state index contributed by atoms with van der Waals surface area (Å²) in [6.45, 7) is 0.960. The number of rotatable bonds is 2. The van der Waals surface area contributed by atoms with Crippen molar-refractivity contribution in [1.82, 2.24) is 14.5 Å². The molecular formula is C13H11N3O3S2. The number of aliphatic carboxylic acids is 1. The normalized spacial score (nSPS) is 25.4. The van der Waals surface area contributed by atoms with E-state index in [9.17, 15) is 9.59 Å². The second kappa shape index (κ2) is 4.67. The molecule has 1 amide bonds. The van der Waals surface area contributed by atoms with Crippen molar-refractivity contribution in [1.29, 1.82) is 0 Å². The highest BCUT2D eigenvalue weighted by atomic mass is 32.2. The van der Waals surface area contributed by atoms with Crippen molar-refractivity contribution < 1.29 is 14.7 Å². The summed E-state index contributed by atoms with van der Waals surface area (Å²) in [5.74, 6) is -0.229. The van der Waals surface area contributed by atoms with Crippen LogP contribution in [0.2, 0.25) is 0 Å². The number of carboxylic acid groups (broad SMARTS) is 1. The zero-order valence-electron chi connectivity index (χ0n) is 10.9. The van der Waals surface area contributed by atoms with Crippen molar-refractivity contribution in [2.24, 2.45) is 0 Å². The SMILES string of the molecule is O=C(O)C1=CS[C@@H]2C(=Cc3cn4c(n3)SCCC4)C(=O)N12. The van der Waals surface area contributed by atoms with Crippen LogP contribution in [0.25, 0.3) is 6.08 Å². The van der Waals surface area contributed by atoms with Crippen molar-refractivity contribution >= 4 is 41.5 Å². The molecule has 21 heavy (non-hydrogen) atoms. The summed E-state index contributed by atoms with van der Waals surface area (Å²) in [4.78, 5) is 29.0. The third kappa shape index (κ3) is 1.93. The number of nitrogens with zero attached hydrogens (tertiary/aromatic N) is 3. The largest absolute Gasteiger partial charge is 0.477 e. The summed E-state index contributed by atoms with van der Waals surface area (Å²) in [5, 5.41) is 11.3. The van der Waals surface area contributed by atoms with E-state index < -0.39 is 5.97 Å². The van der Waals surface area contributed by atoms with Crippen molar-refractivity contribution in [3.63, 3.8) is 0 Å². The van der Waals surface area contributed by atoms with Gasteiger partial charge in [-0.15, -0.1) is 11.8 Å². The number of fused-ring (bicyclic) bond motifs is 2. The van der Waals surface area contributed by atoms with Gasteiger partial charge in [-0.3, -0.25) is 9.69 Å². The minimum Gasteiger partial charge on any atom is -0.477 e. The van der Waals surface area contributed by atoms with E-state index in [-0.39, 0.29) is 17.0 Å². The number of carbonyl (C=O) groups excluding carboxylic acids is 1. The van der Waals surface area contributed by atoms with Crippen molar-refractivity contribution in [2.45, 2.75) is 23.5 Å². The van der Waals surface area contributed by atoms with Crippen LogP contribution >= 0.6 is 23.5 Å². The van der Waals surface area contributed by atoms with Crippen molar-refractivity contribution in [3.05, 3.63) is 28.6 Å². The van der Waals surface area contributed by atoms with E-state index in [1.807, 2.05) is 6.20 Å². The first kappa shape index (κ1) is 13.0. The Balaban J connectivity index is 1.60. The molecule has 1 saturated heterocycles. The molecule has 3 aliphatic heterocycles. The Morgan fingerprint density at radius 1 is 1.52 bits per heavy atom. The fourth-order valence-corrected chi connectivity index (χ4v) is 4.64. The number of imidazole rings is 1. The maximum atomic E-state index is 12.1. The maximum absolute atomic E-state index is 12.1. The highest BCUT2D eigenvalue weighted by molar-refractivity contribution is 8.03. The highest BCUT2D eigenvalue weighted by Crippen LogP contribution is 2.45. The fourth-order valence-electron chi connectivity index (χ4n) is 2.59. The van der Waals surface area contributed by atoms with Crippen LogP contribution in [0, 0.1) is 0 Å². The number of thioether (sulfide) groups is 2. The van der Waals surface area contributed by atoms with Crippen LogP contribution in [0.3, 0.4) is 0 Å². The van der Waals surface area contributed by atoms with Gasteiger partial charge in [0.05, 0.1) is 11.3 Å². The first-order chi connectivity index (χ1) is 10.1. The minimum atomic E-state index is -1.06. The van der Waals surface area contributed by atoms with Gasteiger partial charge in [0.1, 0.15) is 11.1 Å². The molecule has 1 atom stereocenters. The molecule has 8 heteroatoms. The molecule has 4 heterocycles. The Kier molecular flexibility index (Phi) is 2.90. The molecule has 6 nitrogen and oxygen atoms in total. The van der Waals surface area contributed by atoms with Crippen LogP contribution in [-0.2, 0) is 16.1 Å². The molecule has 4 rings (SSSR count). The number of amides is 1. The van der Waals surface area contributed by atoms with E-state index >= 15 is 0 Å². The predicted octanol–water partition coefficient (Wildman–Crippen LogP) is 1.60. The number of hydrogen-bond donors (Lipinski definition) is 1.